The van der Waals surface area contributed by atoms with Crippen molar-refractivity contribution in [3.8, 4) is 5.69 Å². The molecule has 2 N–H and O–H groups in total. The van der Waals surface area contributed by atoms with E-state index in [2.05, 4.69) is 15.6 Å². The second-order valence-electron chi connectivity index (χ2n) is 8.84. The molecule has 1 amide bonds. The van der Waals surface area contributed by atoms with E-state index < -0.39 is 5.97 Å². The molecule has 0 saturated carbocycles. The lowest BCUT2D eigenvalue weighted by Crippen LogP contribution is -2.30. The third-order valence-corrected chi connectivity index (χ3v) is 6.77. The Balaban J connectivity index is 1.59. The zero-order valence-corrected chi connectivity index (χ0v) is 22.2. The number of aromatic nitrogens is 2. The summed E-state index contributed by atoms with van der Waals surface area (Å²) in [6.07, 6.45) is 3.67. The molecule has 2 aromatic heterocycles. The number of carbonyl (C=O) groups excluding carboxylic acids is 2. The highest BCUT2D eigenvalue weighted by atomic mass is 32.1. The van der Waals surface area contributed by atoms with Crippen molar-refractivity contribution in [1.29, 1.82) is 0 Å². The van der Waals surface area contributed by atoms with Gasteiger partial charge in [-0.1, -0.05) is 18.2 Å². The average Bonchev–Trinajstić information content (AvgIpc) is 3.58. The number of amides is 1. The minimum atomic E-state index is -0.422. The SMILES string of the molecule is COCC(=O)Nc1ccc(N2C(=S)N[C@@H](c3ccccn3)[C@H]2c2cccn2-c2ccccc2C(=O)OC)cc1. The highest BCUT2D eigenvalue weighted by molar-refractivity contribution is 7.80. The van der Waals surface area contributed by atoms with Crippen molar-refractivity contribution < 1.29 is 19.1 Å². The number of ether oxygens (including phenoxy) is 2. The van der Waals surface area contributed by atoms with Crippen molar-refractivity contribution in [2.24, 2.45) is 0 Å². The summed E-state index contributed by atoms with van der Waals surface area (Å²) >= 11 is 5.85. The van der Waals surface area contributed by atoms with Crippen molar-refractivity contribution in [2.45, 2.75) is 12.1 Å². The topological polar surface area (TPSA) is 97.7 Å². The van der Waals surface area contributed by atoms with Gasteiger partial charge in [0, 0.05) is 36.6 Å². The molecule has 198 valence electrons. The van der Waals surface area contributed by atoms with Gasteiger partial charge >= 0.3 is 5.97 Å². The Labute approximate surface area is 231 Å². The van der Waals surface area contributed by atoms with Gasteiger partial charge in [0.1, 0.15) is 12.6 Å². The van der Waals surface area contributed by atoms with Crippen LogP contribution in [0, 0.1) is 0 Å². The van der Waals surface area contributed by atoms with Crippen LogP contribution in [0.2, 0.25) is 0 Å². The van der Waals surface area contributed by atoms with Gasteiger partial charge in [-0.15, -0.1) is 0 Å². The first kappa shape index (κ1) is 26.1. The lowest BCUT2D eigenvalue weighted by molar-refractivity contribution is -0.119. The summed E-state index contributed by atoms with van der Waals surface area (Å²) in [5.41, 5.74) is 4.33. The monoisotopic (exact) mass is 541 g/mol. The van der Waals surface area contributed by atoms with E-state index in [1.807, 2.05) is 82.4 Å². The van der Waals surface area contributed by atoms with E-state index >= 15 is 0 Å². The van der Waals surface area contributed by atoms with Gasteiger partial charge in [-0.2, -0.15) is 0 Å². The van der Waals surface area contributed by atoms with E-state index in [0.717, 1.165) is 17.1 Å². The lowest BCUT2D eigenvalue weighted by Gasteiger charge is -2.29. The Morgan fingerprint density at radius 3 is 2.49 bits per heavy atom. The molecule has 0 unspecified atom stereocenters. The van der Waals surface area contributed by atoms with Crippen LogP contribution in [0.25, 0.3) is 5.69 Å². The standard InChI is InChI=1S/C29H27N5O4S/c1-37-18-25(35)31-19-12-14-20(15-13-19)34-27(26(32-29(34)39)22-9-5-6-16-30-22)24-11-7-17-33(24)23-10-4-3-8-21(23)28(36)38-2/h3-17,26-27H,18H2,1-2H3,(H,31,35)(H,32,39)/t26-,27+/m0/s1. The number of para-hydroxylation sites is 1. The van der Waals surface area contributed by atoms with Crippen LogP contribution in [0.4, 0.5) is 11.4 Å². The van der Waals surface area contributed by atoms with Crippen LogP contribution >= 0.6 is 12.2 Å². The van der Waals surface area contributed by atoms with Gasteiger partial charge in [0.25, 0.3) is 0 Å². The number of carbonyl (C=O) groups is 2. The van der Waals surface area contributed by atoms with Crippen molar-refractivity contribution in [1.82, 2.24) is 14.9 Å². The number of esters is 1. The number of benzene rings is 2. The van der Waals surface area contributed by atoms with E-state index in [1.54, 1.807) is 18.3 Å². The summed E-state index contributed by atoms with van der Waals surface area (Å²) in [4.78, 5) is 31.2. The second kappa shape index (κ2) is 11.5. The normalized spacial score (nSPS) is 16.6. The summed E-state index contributed by atoms with van der Waals surface area (Å²) in [5, 5.41) is 6.79. The Hall–Kier alpha value is -4.54. The van der Waals surface area contributed by atoms with E-state index in [4.69, 9.17) is 21.7 Å². The number of rotatable bonds is 8. The minimum Gasteiger partial charge on any atom is -0.465 e. The summed E-state index contributed by atoms with van der Waals surface area (Å²) in [6, 6.07) is 23.9. The second-order valence-corrected chi connectivity index (χ2v) is 9.22. The van der Waals surface area contributed by atoms with Crippen LogP contribution in [0.3, 0.4) is 0 Å². The van der Waals surface area contributed by atoms with Gasteiger partial charge in [0.2, 0.25) is 5.91 Å². The molecule has 0 aliphatic carbocycles. The Morgan fingerprint density at radius 2 is 1.77 bits per heavy atom. The molecule has 1 saturated heterocycles. The fourth-order valence-corrected chi connectivity index (χ4v) is 5.13. The number of methoxy groups -OCH3 is 2. The maximum Gasteiger partial charge on any atom is 0.339 e. The molecule has 1 aliphatic rings. The molecule has 39 heavy (non-hydrogen) atoms. The number of pyridine rings is 1. The molecular formula is C29H27N5O4S. The molecule has 10 heteroatoms. The Kier molecular flexibility index (Phi) is 7.67. The molecule has 1 aliphatic heterocycles. The van der Waals surface area contributed by atoms with Crippen molar-refractivity contribution in [2.75, 3.05) is 31.0 Å². The van der Waals surface area contributed by atoms with Crippen molar-refractivity contribution in [3.63, 3.8) is 0 Å². The van der Waals surface area contributed by atoms with E-state index in [0.29, 0.717) is 22.1 Å². The smallest absolute Gasteiger partial charge is 0.339 e. The molecule has 0 bridgehead atoms. The molecular weight excluding hydrogens is 514 g/mol. The predicted molar refractivity (Wildman–Crippen MR) is 152 cm³/mol. The number of nitrogens with one attached hydrogen (secondary N) is 2. The molecule has 3 heterocycles. The first-order valence-corrected chi connectivity index (χ1v) is 12.7. The van der Waals surface area contributed by atoms with Crippen LogP contribution in [-0.4, -0.2) is 47.4 Å². The van der Waals surface area contributed by atoms with Gasteiger partial charge < -0.3 is 29.6 Å². The van der Waals surface area contributed by atoms with Gasteiger partial charge in [-0.05, 0) is 72.9 Å². The van der Waals surface area contributed by atoms with Crippen LogP contribution in [0.1, 0.15) is 33.8 Å². The number of thiocarbonyl (C=S) groups is 1. The third-order valence-electron chi connectivity index (χ3n) is 6.45. The van der Waals surface area contributed by atoms with Crippen molar-refractivity contribution in [3.05, 3.63) is 108 Å². The molecule has 5 rings (SSSR count). The molecule has 9 nitrogen and oxygen atoms in total. The largest absolute Gasteiger partial charge is 0.465 e. The molecule has 1 fully saturated rings. The van der Waals surface area contributed by atoms with Gasteiger partial charge in [-0.25, -0.2) is 4.79 Å². The van der Waals surface area contributed by atoms with Gasteiger partial charge in [-0.3, -0.25) is 9.78 Å². The number of anilines is 2. The third kappa shape index (κ3) is 5.25. The van der Waals surface area contributed by atoms with E-state index in [9.17, 15) is 9.59 Å². The molecule has 2 aromatic carbocycles. The molecule has 4 aromatic rings. The Morgan fingerprint density at radius 1 is 1.00 bits per heavy atom. The van der Waals surface area contributed by atoms with Crippen LogP contribution < -0.4 is 15.5 Å². The predicted octanol–water partition coefficient (Wildman–Crippen LogP) is 4.42. The number of hydrogen-bond donors (Lipinski definition) is 2. The molecule has 2 atom stereocenters. The van der Waals surface area contributed by atoms with E-state index in [-0.39, 0.29) is 24.6 Å². The van der Waals surface area contributed by atoms with Gasteiger partial charge in [0.05, 0.1) is 30.1 Å². The summed E-state index contributed by atoms with van der Waals surface area (Å²) in [7, 11) is 2.84. The highest BCUT2D eigenvalue weighted by Gasteiger charge is 2.42. The highest BCUT2D eigenvalue weighted by Crippen LogP contribution is 2.42. The van der Waals surface area contributed by atoms with Crippen LogP contribution in [0.5, 0.6) is 0 Å². The maximum absolute atomic E-state index is 12.6. The first-order valence-electron chi connectivity index (χ1n) is 12.3. The van der Waals surface area contributed by atoms with Crippen molar-refractivity contribution >= 4 is 40.6 Å². The first-order chi connectivity index (χ1) is 19.0. The number of hydrogen-bond acceptors (Lipinski definition) is 6. The summed E-state index contributed by atoms with van der Waals surface area (Å²) in [6.45, 7) is -0.0280. The fraction of sp³-hybridized carbons (Fsp3) is 0.172. The molecule has 0 radical (unpaired) electrons. The maximum atomic E-state index is 12.6. The zero-order valence-electron chi connectivity index (χ0n) is 21.4. The van der Waals surface area contributed by atoms with Crippen LogP contribution in [0.15, 0.2) is 91.3 Å². The lowest BCUT2D eigenvalue weighted by atomic mass is 10.0. The fourth-order valence-electron chi connectivity index (χ4n) is 4.79. The Bertz CT molecular complexity index is 1490. The zero-order chi connectivity index (χ0) is 27.4. The van der Waals surface area contributed by atoms with Gasteiger partial charge in [0.15, 0.2) is 5.11 Å². The quantitative estimate of drug-likeness (QED) is 0.250. The van der Waals surface area contributed by atoms with E-state index in [1.165, 1.54) is 14.2 Å². The summed E-state index contributed by atoms with van der Waals surface area (Å²) in [5.74, 6) is -0.659. The minimum absolute atomic E-state index is 0.0280. The molecule has 0 spiro atoms. The number of nitrogens with zero attached hydrogens (tertiary/aromatic N) is 3. The average molecular weight is 542 g/mol. The summed E-state index contributed by atoms with van der Waals surface area (Å²) < 4.78 is 11.9. The van der Waals surface area contributed by atoms with Crippen LogP contribution in [-0.2, 0) is 14.3 Å².